The lowest BCUT2D eigenvalue weighted by Gasteiger charge is -2.44. The van der Waals surface area contributed by atoms with Gasteiger partial charge in [-0.1, -0.05) is 0 Å². The van der Waals surface area contributed by atoms with Gasteiger partial charge < -0.3 is 159 Å². The minimum atomic E-state index is -2.22. The molecule has 7 rings (SSSR count). The van der Waals surface area contributed by atoms with Gasteiger partial charge in [-0.2, -0.15) is 0 Å². The molecule has 0 unspecified atom stereocenters. The van der Waals surface area contributed by atoms with Crippen LogP contribution in [0.3, 0.4) is 0 Å². The molecule has 6 saturated heterocycles. The average molecular weight is 1100 g/mol. The summed E-state index contributed by atoms with van der Waals surface area (Å²) >= 11 is 0. The predicted molar refractivity (Wildman–Crippen MR) is 231 cm³/mol. The molecular weight excluding hydrogens is 1030 g/mol. The number of hydrogen-bond donors (Lipinski definition) is 19. The number of aliphatic hydroxyl groups is 19. The van der Waals surface area contributed by atoms with Gasteiger partial charge in [-0.05, 0) is 24.3 Å². The number of ether oxygens (including phenoxy) is 13. The summed E-state index contributed by atoms with van der Waals surface area (Å²) in [5, 5.41) is 203. The van der Waals surface area contributed by atoms with E-state index in [9.17, 15) is 97.0 Å². The Bertz CT molecular complexity index is 1880. The van der Waals surface area contributed by atoms with Crippen molar-refractivity contribution in [3.05, 3.63) is 24.3 Å². The molecule has 19 N–H and O–H groups in total. The zero-order chi connectivity index (χ0) is 54.7. The Morgan fingerprint density at radius 1 is 0.360 bits per heavy atom. The van der Waals surface area contributed by atoms with Crippen molar-refractivity contribution in [1.82, 2.24) is 0 Å². The Balaban J connectivity index is 1.06. The van der Waals surface area contributed by atoms with Crippen molar-refractivity contribution in [2.45, 2.75) is 184 Å². The molecule has 0 saturated carbocycles. The molecule has 6 aliphatic rings. The van der Waals surface area contributed by atoms with Gasteiger partial charge in [0.25, 0.3) is 0 Å². The van der Waals surface area contributed by atoms with Crippen LogP contribution in [0.25, 0.3) is 0 Å². The molecule has 0 spiro atoms. The highest BCUT2D eigenvalue weighted by molar-refractivity contribution is 5.31. The average Bonchev–Trinajstić information content (AvgIpc) is 4.00. The number of aliphatic hydroxyl groups excluding tert-OH is 19. The molecular formula is C43H68O32. The first-order valence-electron chi connectivity index (χ1n) is 23.8. The largest absolute Gasteiger partial charge is 0.497 e. The number of methoxy groups -OCH3 is 1. The Labute approximate surface area is 424 Å². The Morgan fingerprint density at radius 3 is 1.03 bits per heavy atom. The first kappa shape index (κ1) is 60.3. The molecule has 6 fully saturated rings. The van der Waals surface area contributed by atoms with Crippen molar-refractivity contribution >= 4 is 0 Å². The van der Waals surface area contributed by atoms with E-state index < -0.39 is 224 Å². The van der Waals surface area contributed by atoms with E-state index in [1.807, 2.05) is 0 Å². The normalized spacial score (nSPS) is 46.6. The highest BCUT2D eigenvalue weighted by Gasteiger charge is 2.59. The Kier molecular flexibility index (Phi) is 21.1. The highest BCUT2D eigenvalue weighted by atomic mass is 16.8. The van der Waals surface area contributed by atoms with Crippen LogP contribution in [0.5, 0.6) is 11.5 Å². The van der Waals surface area contributed by atoms with Gasteiger partial charge in [0, 0.05) is 0 Å². The fraction of sp³-hybridized carbons (Fsp3) is 0.860. The second-order valence-corrected chi connectivity index (χ2v) is 18.5. The zero-order valence-electron chi connectivity index (χ0n) is 39.7. The summed E-state index contributed by atoms with van der Waals surface area (Å²) < 4.78 is 73.3. The summed E-state index contributed by atoms with van der Waals surface area (Å²) in [6.07, 6.45) is -56.7. The summed E-state index contributed by atoms with van der Waals surface area (Å²) in [5.74, 6) is 0.617. The summed E-state index contributed by atoms with van der Waals surface area (Å²) in [6.45, 7) is -5.83. The Hall–Kier alpha value is -2.38. The van der Waals surface area contributed by atoms with Crippen LogP contribution in [0.4, 0.5) is 0 Å². The van der Waals surface area contributed by atoms with E-state index in [-0.39, 0.29) is 5.75 Å². The van der Waals surface area contributed by atoms with Gasteiger partial charge in [0.05, 0.1) is 46.8 Å². The predicted octanol–water partition coefficient (Wildman–Crippen LogP) is -12.0. The molecule has 1 aromatic carbocycles. The maximum Gasteiger partial charge on any atom is 0.229 e. The number of benzene rings is 1. The van der Waals surface area contributed by atoms with Crippen LogP contribution in [0.2, 0.25) is 0 Å². The molecule has 0 aromatic heterocycles. The van der Waals surface area contributed by atoms with Crippen LogP contribution in [0, 0.1) is 0 Å². The highest BCUT2D eigenvalue weighted by Crippen LogP contribution is 2.39. The van der Waals surface area contributed by atoms with E-state index in [0.717, 1.165) is 0 Å². The fourth-order valence-corrected chi connectivity index (χ4v) is 9.42. The Morgan fingerprint density at radius 2 is 0.653 bits per heavy atom. The molecule has 1 aromatic rings. The summed E-state index contributed by atoms with van der Waals surface area (Å²) in [7, 11) is 1.43. The van der Waals surface area contributed by atoms with Gasteiger partial charge in [0.2, 0.25) is 6.29 Å². The van der Waals surface area contributed by atoms with Crippen LogP contribution in [0.1, 0.15) is 0 Å². The molecule has 6 aliphatic heterocycles. The molecule has 0 aliphatic carbocycles. The quantitative estimate of drug-likeness (QED) is 0.0513. The standard InChI is InChI=1S/C43H68O32/c1-63-12-2-4-13(5-3-12)64-39-25(58)33(20(53)17(9-47)65-39)72-42-28(61)36(31(69-42)15(51)7-45)75-41-27(60)35(22(55)19(11-49)67-41)73-43-29(62)37(32(70-43)16(52)8-46)74-40-26(59)34(21(54)18(10-48)66-40)71-38-24(57)23(56)30(68-38)14(50)6-44/h2-5,14-62H,6-11H2,1H3/t14-,15-,16-,17-,18-,19-,20+,21+,22+,23-,24-,25-,26-,27-,28-,29-,30+,31+,32+,33+,34+,35+,36-,37-,38+,39-,40-,41-,42+,43+/m1/s1. The first-order valence-corrected chi connectivity index (χ1v) is 23.8. The van der Waals surface area contributed by atoms with E-state index in [1.165, 1.54) is 31.4 Å². The molecule has 0 bridgehead atoms. The van der Waals surface area contributed by atoms with Crippen LogP contribution < -0.4 is 9.47 Å². The van der Waals surface area contributed by atoms with Crippen molar-refractivity contribution in [3.63, 3.8) is 0 Å². The number of hydrogen-bond acceptors (Lipinski definition) is 32. The minimum Gasteiger partial charge on any atom is -0.497 e. The zero-order valence-corrected chi connectivity index (χ0v) is 39.7. The van der Waals surface area contributed by atoms with Crippen LogP contribution in [-0.2, 0) is 52.1 Å². The maximum atomic E-state index is 11.7. The van der Waals surface area contributed by atoms with Gasteiger partial charge in [-0.15, -0.1) is 0 Å². The third kappa shape index (κ3) is 12.7. The lowest BCUT2D eigenvalue weighted by Crippen LogP contribution is -2.63. The molecule has 0 amide bonds. The monoisotopic (exact) mass is 1100 g/mol. The first-order chi connectivity index (χ1) is 35.7. The van der Waals surface area contributed by atoms with Crippen LogP contribution >= 0.6 is 0 Å². The molecule has 0 radical (unpaired) electrons. The molecule has 32 nitrogen and oxygen atoms in total. The molecule has 432 valence electrons. The van der Waals surface area contributed by atoms with Crippen molar-refractivity contribution in [3.8, 4) is 11.5 Å². The fourth-order valence-electron chi connectivity index (χ4n) is 9.42. The lowest BCUT2D eigenvalue weighted by molar-refractivity contribution is -0.345. The summed E-state index contributed by atoms with van der Waals surface area (Å²) in [5.41, 5.74) is 0. The minimum absolute atomic E-state index is 0.152. The maximum absolute atomic E-state index is 11.7. The van der Waals surface area contributed by atoms with Crippen LogP contribution in [-0.4, -0.2) is 328 Å². The molecule has 32 heteroatoms. The summed E-state index contributed by atoms with van der Waals surface area (Å²) in [4.78, 5) is 0. The topological polar surface area (TPSA) is 504 Å². The van der Waals surface area contributed by atoms with Crippen LogP contribution in [0.15, 0.2) is 24.3 Å². The van der Waals surface area contributed by atoms with Gasteiger partial charge in [0.15, 0.2) is 31.5 Å². The number of rotatable bonds is 22. The molecule has 75 heavy (non-hydrogen) atoms. The van der Waals surface area contributed by atoms with Gasteiger partial charge in [-0.25, -0.2) is 0 Å². The van der Waals surface area contributed by atoms with Gasteiger partial charge >= 0.3 is 0 Å². The van der Waals surface area contributed by atoms with Crippen molar-refractivity contribution < 1.29 is 159 Å². The second-order valence-electron chi connectivity index (χ2n) is 18.5. The third-order valence-electron chi connectivity index (χ3n) is 13.6. The van der Waals surface area contributed by atoms with E-state index in [2.05, 4.69) is 0 Å². The van der Waals surface area contributed by atoms with Gasteiger partial charge in [0.1, 0.15) is 158 Å². The molecule has 30 atom stereocenters. The van der Waals surface area contributed by atoms with E-state index in [1.54, 1.807) is 0 Å². The van der Waals surface area contributed by atoms with Gasteiger partial charge in [-0.3, -0.25) is 0 Å². The SMILES string of the molecule is COc1ccc(O[C@@H]2O[C@H](CO)[C@H](O)[C@H](O[C@@H]3O[C@@H]([C@H](O)CO)[C@H](O[C@H]4O[C@H](CO)[C@H](O)[C@H](O[C@@H]5O[C@@H]([C@H](O)CO)[C@H](O[C@H]6O[C@H](CO)[C@H](O)[C@H](O[C@@H]7O[C@@H]([C@H](O)CO)[C@H](O)[C@H]7O)[C@H]6O)[C@H]5O)[C@H]4O)[C@H]3O)[C@H]2O)cc1. The third-order valence-corrected chi connectivity index (χ3v) is 13.6. The van der Waals surface area contributed by atoms with E-state index in [0.29, 0.717) is 5.75 Å². The van der Waals surface area contributed by atoms with Crippen molar-refractivity contribution in [1.29, 1.82) is 0 Å². The van der Waals surface area contributed by atoms with Crippen molar-refractivity contribution in [2.24, 2.45) is 0 Å². The van der Waals surface area contributed by atoms with Crippen molar-refractivity contribution in [2.75, 3.05) is 46.8 Å². The second kappa shape index (κ2) is 26.3. The lowest BCUT2D eigenvalue weighted by atomic mass is 9.97. The van der Waals surface area contributed by atoms with E-state index >= 15 is 0 Å². The molecule has 6 heterocycles. The summed E-state index contributed by atoms with van der Waals surface area (Å²) in [6, 6.07) is 6.00. The van der Waals surface area contributed by atoms with E-state index in [4.69, 9.17) is 61.6 Å². The smallest absolute Gasteiger partial charge is 0.229 e.